The van der Waals surface area contributed by atoms with Crippen LogP contribution in [0.3, 0.4) is 0 Å². The third-order valence-corrected chi connectivity index (χ3v) is 1.81. The Morgan fingerprint density at radius 3 is 2.70 bits per heavy atom. The topological polar surface area (TPSA) is 29.5 Å². The second kappa shape index (κ2) is 7.38. The highest BCUT2D eigenvalue weighted by Gasteiger charge is 1.91. The molecular formula is C7H16O2S. The second-order valence-corrected chi connectivity index (χ2v) is 3.37. The van der Waals surface area contributed by atoms with Crippen molar-refractivity contribution in [1.29, 1.82) is 0 Å². The van der Waals surface area contributed by atoms with Crippen molar-refractivity contribution in [2.75, 3.05) is 18.3 Å². The van der Waals surface area contributed by atoms with Gasteiger partial charge in [0.2, 0.25) is 0 Å². The van der Waals surface area contributed by atoms with Gasteiger partial charge >= 0.3 is 0 Å². The number of aliphatic hydroxyl groups excluding tert-OH is 1. The van der Waals surface area contributed by atoms with Crippen molar-refractivity contribution in [3.8, 4) is 0 Å². The number of thioether (sulfide) groups is 1. The third kappa shape index (κ3) is 8.27. The molecule has 0 radical (unpaired) electrons. The van der Waals surface area contributed by atoms with Gasteiger partial charge in [-0.3, -0.25) is 0 Å². The number of aliphatic hydroxyl groups is 1. The van der Waals surface area contributed by atoms with Crippen LogP contribution in [0.25, 0.3) is 0 Å². The summed E-state index contributed by atoms with van der Waals surface area (Å²) in [4.78, 5) is 0. The Balaban J connectivity index is 2.77. The summed E-state index contributed by atoms with van der Waals surface area (Å²) >= 11 is 1.72. The maximum absolute atomic E-state index is 8.42. The number of rotatable bonds is 6. The summed E-state index contributed by atoms with van der Waals surface area (Å²) in [6.45, 7) is 4.33. The Bertz CT molecular complexity index is 66.6. The zero-order valence-electron chi connectivity index (χ0n) is 6.67. The molecule has 0 heterocycles. The van der Waals surface area contributed by atoms with Crippen LogP contribution in [0.2, 0.25) is 0 Å². The molecule has 1 N–H and O–H groups in total. The SMILES string of the molecule is CC(C)OCSCCCO. The molecule has 0 fully saturated rings. The van der Waals surface area contributed by atoms with E-state index in [9.17, 15) is 0 Å². The predicted octanol–water partition coefficient (Wildman–Crippen LogP) is 1.48. The molecule has 0 aliphatic carbocycles. The van der Waals surface area contributed by atoms with Crippen LogP contribution in [0.15, 0.2) is 0 Å². The van der Waals surface area contributed by atoms with E-state index in [1.54, 1.807) is 11.8 Å². The van der Waals surface area contributed by atoms with Gasteiger partial charge in [-0.15, -0.1) is 11.8 Å². The zero-order valence-corrected chi connectivity index (χ0v) is 7.49. The fraction of sp³-hybridized carbons (Fsp3) is 1.00. The molecule has 0 atom stereocenters. The predicted molar refractivity (Wildman–Crippen MR) is 45.2 cm³/mol. The van der Waals surface area contributed by atoms with Gasteiger partial charge in [-0.1, -0.05) is 0 Å². The lowest BCUT2D eigenvalue weighted by atomic mass is 10.5. The van der Waals surface area contributed by atoms with E-state index in [4.69, 9.17) is 9.84 Å². The maximum Gasteiger partial charge on any atom is 0.0924 e. The smallest absolute Gasteiger partial charge is 0.0924 e. The molecule has 3 heteroatoms. The quantitative estimate of drug-likeness (QED) is 0.476. The highest BCUT2D eigenvalue weighted by Crippen LogP contribution is 2.03. The molecule has 0 aliphatic rings. The van der Waals surface area contributed by atoms with Gasteiger partial charge in [-0.05, 0) is 26.0 Å². The first-order valence-electron chi connectivity index (χ1n) is 3.57. The molecule has 0 unspecified atom stereocenters. The molecule has 0 saturated carbocycles. The fourth-order valence-corrected chi connectivity index (χ4v) is 1.23. The Morgan fingerprint density at radius 2 is 2.20 bits per heavy atom. The van der Waals surface area contributed by atoms with Crippen molar-refractivity contribution in [2.45, 2.75) is 26.4 Å². The number of hydrogen-bond donors (Lipinski definition) is 1. The summed E-state index contributed by atoms with van der Waals surface area (Å²) < 4.78 is 5.27. The highest BCUT2D eigenvalue weighted by atomic mass is 32.2. The zero-order chi connectivity index (χ0) is 7.82. The molecule has 0 aromatic rings. The molecule has 10 heavy (non-hydrogen) atoms. The standard InChI is InChI=1S/C7H16O2S/c1-7(2)9-6-10-5-3-4-8/h7-8H,3-6H2,1-2H3. The lowest BCUT2D eigenvalue weighted by Crippen LogP contribution is -2.01. The van der Waals surface area contributed by atoms with Crippen LogP contribution in [-0.4, -0.2) is 29.5 Å². The van der Waals surface area contributed by atoms with Crippen LogP contribution in [0.1, 0.15) is 20.3 Å². The van der Waals surface area contributed by atoms with E-state index in [1.165, 1.54) is 0 Å². The minimum absolute atomic E-state index is 0.286. The first-order chi connectivity index (χ1) is 4.77. The van der Waals surface area contributed by atoms with Gasteiger partial charge < -0.3 is 9.84 Å². The summed E-state index contributed by atoms with van der Waals surface area (Å²) in [7, 11) is 0. The summed E-state index contributed by atoms with van der Waals surface area (Å²) in [5.74, 6) is 1.74. The van der Waals surface area contributed by atoms with E-state index in [-0.39, 0.29) is 6.61 Å². The van der Waals surface area contributed by atoms with Crippen molar-refractivity contribution in [2.24, 2.45) is 0 Å². The average Bonchev–Trinajstić information content (AvgIpc) is 1.87. The van der Waals surface area contributed by atoms with Gasteiger partial charge in [-0.2, -0.15) is 0 Å². The maximum atomic E-state index is 8.42. The van der Waals surface area contributed by atoms with Gasteiger partial charge in [0.05, 0.1) is 12.0 Å². The summed E-state index contributed by atoms with van der Waals surface area (Å²) in [5, 5.41) is 8.42. The van der Waals surface area contributed by atoms with Gasteiger partial charge in [-0.25, -0.2) is 0 Å². The summed E-state index contributed by atoms with van der Waals surface area (Å²) in [6.07, 6.45) is 1.19. The van der Waals surface area contributed by atoms with Crippen LogP contribution >= 0.6 is 11.8 Å². The lowest BCUT2D eigenvalue weighted by Gasteiger charge is -2.05. The van der Waals surface area contributed by atoms with Crippen LogP contribution in [0.4, 0.5) is 0 Å². The van der Waals surface area contributed by atoms with Crippen molar-refractivity contribution in [3.63, 3.8) is 0 Å². The normalized spacial score (nSPS) is 10.8. The Labute approximate surface area is 67.0 Å². The molecule has 0 bridgehead atoms. The molecule has 0 saturated heterocycles. The first-order valence-corrected chi connectivity index (χ1v) is 4.73. The van der Waals surface area contributed by atoms with Crippen LogP contribution in [0, 0.1) is 0 Å². The third-order valence-electron chi connectivity index (χ3n) is 0.931. The van der Waals surface area contributed by atoms with Gasteiger partial charge in [0.1, 0.15) is 0 Å². The number of ether oxygens (including phenoxy) is 1. The average molecular weight is 164 g/mol. The molecule has 0 aliphatic heterocycles. The van der Waals surface area contributed by atoms with Crippen molar-refractivity contribution >= 4 is 11.8 Å². The molecule has 0 amide bonds. The number of hydrogen-bond acceptors (Lipinski definition) is 3. The second-order valence-electron chi connectivity index (χ2n) is 2.32. The fourth-order valence-electron chi connectivity index (χ4n) is 0.410. The first kappa shape index (κ1) is 10.3. The van der Waals surface area contributed by atoms with E-state index in [0.29, 0.717) is 6.10 Å². The lowest BCUT2D eigenvalue weighted by molar-refractivity contribution is 0.120. The Morgan fingerprint density at radius 1 is 1.50 bits per heavy atom. The van der Waals surface area contributed by atoms with Gasteiger partial charge in [0, 0.05) is 6.61 Å². The van der Waals surface area contributed by atoms with Crippen molar-refractivity contribution < 1.29 is 9.84 Å². The molecule has 2 nitrogen and oxygen atoms in total. The largest absolute Gasteiger partial charge is 0.396 e. The molecule has 0 aromatic heterocycles. The molecule has 0 rings (SSSR count). The Kier molecular flexibility index (Phi) is 7.58. The monoisotopic (exact) mass is 164 g/mol. The van der Waals surface area contributed by atoms with Crippen LogP contribution < -0.4 is 0 Å². The van der Waals surface area contributed by atoms with Crippen molar-refractivity contribution in [1.82, 2.24) is 0 Å². The summed E-state index contributed by atoms with van der Waals surface area (Å²) in [5.41, 5.74) is 0. The van der Waals surface area contributed by atoms with E-state index < -0.39 is 0 Å². The van der Waals surface area contributed by atoms with Crippen LogP contribution in [-0.2, 0) is 4.74 Å². The van der Waals surface area contributed by atoms with E-state index in [2.05, 4.69) is 0 Å². The van der Waals surface area contributed by atoms with E-state index in [0.717, 1.165) is 18.1 Å². The Hall–Kier alpha value is 0.270. The van der Waals surface area contributed by atoms with Gasteiger partial charge in [0.15, 0.2) is 0 Å². The minimum Gasteiger partial charge on any atom is -0.396 e. The molecule has 0 spiro atoms. The van der Waals surface area contributed by atoms with Crippen molar-refractivity contribution in [3.05, 3.63) is 0 Å². The molecular weight excluding hydrogens is 148 g/mol. The van der Waals surface area contributed by atoms with E-state index >= 15 is 0 Å². The molecule has 0 aromatic carbocycles. The van der Waals surface area contributed by atoms with Crippen LogP contribution in [0.5, 0.6) is 0 Å². The molecule has 62 valence electrons. The van der Waals surface area contributed by atoms with E-state index in [1.807, 2.05) is 13.8 Å². The highest BCUT2D eigenvalue weighted by molar-refractivity contribution is 7.99. The summed E-state index contributed by atoms with van der Waals surface area (Å²) in [6, 6.07) is 0. The minimum atomic E-state index is 0.286. The van der Waals surface area contributed by atoms with Gasteiger partial charge in [0.25, 0.3) is 0 Å².